The van der Waals surface area contributed by atoms with Crippen LogP contribution < -0.4 is 0 Å². The van der Waals surface area contributed by atoms with E-state index in [2.05, 4.69) is 109 Å². The summed E-state index contributed by atoms with van der Waals surface area (Å²) in [5.41, 5.74) is 12.7. The summed E-state index contributed by atoms with van der Waals surface area (Å²) in [5, 5.41) is 4.45. The normalized spacial score (nSPS) is 11.4. The van der Waals surface area contributed by atoms with Crippen LogP contribution in [0.4, 0.5) is 0 Å². The molecule has 0 amide bonds. The van der Waals surface area contributed by atoms with Crippen LogP contribution in [0.15, 0.2) is 134 Å². The number of rotatable bonds is 4. The Balaban J connectivity index is 1.31. The fraction of sp³-hybridized carbons (Fsp3) is 0.0500. The van der Waals surface area contributed by atoms with Gasteiger partial charge >= 0.3 is 0 Å². The second-order valence-corrected chi connectivity index (χ2v) is 11.2. The first kappa shape index (κ1) is 25.9. The molecule has 44 heavy (non-hydrogen) atoms. The average molecular weight is 565 g/mol. The van der Waals surface area contributed by atoms with Gasteiger partial charge in [0.15, 0.2) is 0 Å². The van der Waals surface area contributed by atoms with Gasteiger partial charge in [0.1, 0.15) is 0 Å². The number of benzene rings is 4. The van der Waals surface area contributed by atoms with Crippen molar-refractivity contribution in [1.82, 2.24) is 19.9 Å². The Morgan fingerprint density at radius 3 is 1.25 bits per heavy atom. The predicted molar refractivity (Wildman–Crippen MR) is 181 cm³/mol. The Bertz CT molecular complexity index is 2180. The van der Waals surface area contributed by atoms with E-state index >= 15 is 0 Å². The molecule has 0 aliphatic rings. The number of nitrogens with zero attached hydrogens (tertiary/aromatic N) is 4. The van der Waals surface area contributed by atoms with E-state index < -0.39 is 0 Å². The van der Waals surface area contributed by atoms with Crippen LogP contribution in [-0.2, 0) is 0 Å². The monoisotopic (exact) mass is 564 g/mol. The van der Waals surface area contributed by atoms with Crippen molar-refractivity contribution in [1.29, 1.82) is 0 Å². The summed E-state index contributed by atoms with van der Waals surface area (Å²) in [6.07, 6.45) is 3.67. The molecule has 4 heterocycles. The molecule has 4 aromatic heterocycles. The van der Waals surface area contributed by atoms with Gasteiger partial charge in [-0.15, -0.1) is 0 Å². The first-order valence-corrected chi connectivity index (χ1v) is 14.8. The first-order chi connectivity index (χ1) is 21.6. The maximum atomic E-state index is 5.08. The Labute approximate surface area is 255 Å². The number of pyridine rings is 4. The third-order valence-electron chi connectivity index (χ3n) is 8.28. The minimum Gasteiger partial charge on any atom is -0.256 e. The van der Waals surface area contributed by atoms with Gasteiger partial charge in [-0.2, -0.15) is 0 Å². The van der Waals surface area contributed by atoms with Gasteiger partial charge in [-0.25, -0.2) is 0 Å². The molecule has 4 aromatic carbocycles. The van der Waals surface area contributed by atoms with E-state index in [4.69, 9.17) is 9.97 Å². The van der Waals surface area contributed by atoms with Crippen molar-refractivity contribution in [3.63, 3.8) is 0 Å². The molecule has 0 atom stereocenters. The van der Waals surface area contributed by atoms with Crippen LogP contribution in [0.3, 0.4) is 0 Å². The van der Waals surface area contributed by atoms with Gasteiger partial charge in [0.25, 0.3) is 0 Å². The molecule has 0 bridgehead atoms. The summed E-state index contributed by atoms with van der Waals surface area (Å²) in [6.45, 7) is 4.14. The SMILES string of the molecule is Cc1cc(-c2cccc(-c3ccccn3)c2)c2ccc3c(ccc4c(-c5cccc(-c6ccccn6)c5)cc(C)nc43)c2n1. The van der Waals surface area contributed by atoms with E-state index in [0.717, 1.165) is 88.7 Å². The number of aryl methyl sites for hydroxylation is 2. The van der Waals surface area contributed by atoms with Crippen LogP contribution in [0.5, 0.6) is 0 Å². The van der Waals surface area contributed by atoms with Crippen LogP contribution in [-0.4, -0.2) is 19.9 Å². The van der Waals surface area contributed by atoms with E-state index in [-0.39, 0.29) is 0 Å². The van der Waals surface area contributed by atoms with Crippen LogP contribution in [0.25, 0.3) is 77.3 Å². The molecular formula is C40H28N4. The third-order valence-corrected chi connectivity index (χ3v) is 8.28. The first-order valence-electron chi connectivity index (χ1n) is 14.8. The minimum absolute atomic E-state index is 0.962. The van der Waals surface area contributed by atoms with Gasteiger partial charge in [-0.05, 0) is 84.6 Å². The highest BCUT2D eigenvalue weighted by Crippen LogP contribution is 2.39. The Morgan fingerprint density at radius 1 is 0.386 bits per heavy atom. The molecule has 0 saturated carbocycles. The largest absolute Gasteiger partial charge is 0.256 e. The van der Waals surface area contributed by atoms with Gasteiger partial charge in [-0.1, -0.05) is 72.8 Å². The lowest BCUT2D eigenvalue weighted by Crippen LogP contribution is -1.94. The molecule has 0 radical (unpaired) electrons. The number of hydrogen-bond acceptors (Lipinski definition) is 4. The highest BCUT2D eigenvalue weighted by molar-refractivity contribution is 6.19. The number of fused-ring (bicyclic) bond motifs is 5. The average Bonchev–Trinajstić information content (AvgIpc) is 3.08. The van der Waals surface area contributed by atoms with Crippen molar-refractivity contribution in [3.8, 4) is 44.8 Å². The van der Waals surface area contributed by atoms with Crippen molar-refractivity contribution in [3.05, 3.63) is 145 Å². The third kappa shape index (κ3) is 4.48. The highest BCUT2D eigenvalue weighted by Gasteiger charge is 2.15. The quantitative estimate of drug-likeness (QED) is 0.200. The lowest BCUT2D eigenvalue weighted by molar-refractivity contribution is 1.26. The van der Waals surface area contributed by atoms with Crippen molar-refractivity contribution in [2.24, 2.45) is 0 Å². The summed E-state index contributed by atoms with van der Waals surface area (Å²) in [7, 11) is 0. The molecule has 8 rings (SSSR count). The minimum atomic E-state index is 0.962. The van der Waals surface area contributed by atoms with Crippen LogP contribution in [0, 0.1) is 13.8 Å². The maximum Gasteiger partial charge on any atom is 0.0790 e. The molecule has 0 aliphatic heterocycles. The van der Waals surface area contributed by atoms with E-state index in [1.54, 1.807) is 0 Å². The molecule has 0 aliphatic carbocycles. The van der Waals surface area contributed by atoms with Crippen molar-refractivity contribution in [2.75, 3.05) is 0 Å². The molecule has 4 nitrogen and oxygen atoms in total. The predicted octanol–water partition coefficient (Wildman–Crippen LogP) is 10.0. The summed E-state index contributed by atoms with van der Waals surface area (Å²) < 4.78 is 0. The lowest BCUT2D eigenvalue weighted by atomic mass is 9.93. The fourth-order valence-corrected chi connectivity index (χ4v) is 6.28. The summed E-state index contributed by atoms with van der Waals surface area (Å²) in [5.74, 6) is 0. The lowest BCUT2D eigenvalue weighted by Gasteiger charge is -2.15. The van der Waals surface area contributed by atoms with Crippen molar-refractivity contribution >= 4 is 32.6 Å². The van der Waals surface area contributed by atoms with E-state index in [9.17, 15) is 0 Å². The van der Waals surface area contributed by atoms with Crippen molar-refractivity contribution < 1.29 is 0 Å². The summed E-state index contributed by atoms with van der Waals surface area (Å²) >= 11 is 0. The number of aromatic nitrogens is 4. The van der Waals surface area contributed by atoms with E-state index in [1.807, 2.05) is 48.8 Å². The molecule has 0 spiro atoms. The second kappa shape index (κ2) is 10.5. The van der Waals surface area contributed by atoms with Crippen LogP contribution in [0.2, 0.25) is 0 Å². The van der Waals surface area contributed by atoms with Crippen LogP contribution >= 0.6 is 0 Å². The Hall–Kier alpha value is -5.74. The zero-order chi connectivity index (χ0) is 29.6. The molecule has 0 fully saturated rings. The smallest absolute Gasteiger partial charge is 0.0790 e. The highest BCUT2D eigenvalue weighted by atomic mass is 14.7. The van der Waals surface area contributed by atoms with Gasteiger partial charge in [0.05, 0.1) is 22.4 Å². The maximum absolute atomic E-state index is 5.08. The zero-order valence-electron chi connectivity index (χ0n) is 24.5. The van der Waals surface area contributed by atoms with E-state index in [1.165, 1.54) is 0 Å². The van der Waals surface area contributed by atoms with Crippen LogP contribution in [0.1, 0.15) is 11.4 Å². The standard InChI is InChI=1S/C40H28N4/c1-25-21-35(27-9-7-11-29(23-27)37-13-3-5-19-41-37)33-17-16-32-31(39(33)43-25)15-18-34-36(22-26(2)44-40(32)34)28-10-8-12-30(24-28)38-14-4-6-20-42-38/h3-24H,1-2H3. The summed E-state index contributed by atoms with van der Waals surface area (Å²) in [4.78, 5) is 19.3. The van der Waals surface area contributed by atoms with Gasteiger partial charge < -0.3 is 0 Å². The second-order valence-electron chi connectivity index (χ2n) is 11.2. The molecule has 4 heteroatoms. The van der Waals surface area contributed by atoms with Gasteiger partial charge in [-0.3, -0.25) is 19.9 Å². The molecular weight excluding hydrogens is 536 g/mol. The number of hydrogen-bond donors (Lipinski definition) is 0. The molecule has 208 valence electrons. The van der Waals surface area contributed by atoms with Crippen molar-refractivity contribution in [2.45, 2.75) is 13.8 Å². The fourth-order valence-electron chi connectivity index (χ4n) is 6.28. The Morgan fingerprint density at radius 2 is 0.818 bits per heavy atom. The molecule has 0 N–H and O–H groups in total. The molecule has 0 unspecified atom stereocenters. The molecule has 0 saturated heterocycles. The summed E-state index contributed by atoms with van der Waals surface area (Å²) in [6, 6.07) is 42.4. The van der Waals surface area contributed by atoms with Gasteiger partial charge in [0.2, 0.25) is 0 Å². The zero-order valence-corrected chi connectivity index (χ0v) is 24.5. The molecule has 8 aromatic rings. The van der Waals surface area contributed by atoms with E-state index in [0.29, 0.717) is 0 Å². The van der Waals surface area contributed by atoms with Gasteiger partial charge in [0, 0.05) is 56.5 Å². The Kier molecular flexibility index (Phi) is 6.20. The topological polar surface area (TPSA) is 51.6 Å².